The molecule has 0 aliphatic carbocycles. The van der Waals surface area contributed by atoms with Crippen molar-refractivity contribution in [3.63, 3.8) is 0 Å². The molecule has 0 bridgehead atoms. The van der Waals surface area contributed by atoms with Gasteiger partial charge >= 0.3 is 0 Å². The normalized spacial score (nSPS) is 19.9. The van der Waals surface area contributed by atoms with E-state index >= 15 is 0 Å². The summed E-state index contributed by atoms with van der Waals surface area (Å²) >= 11 is 0. The van der Waals surface area contributed by atoms with Crippen LogP contribution in [0, 0.1) is 5.41 Å². The van der Waals surface area contributed by atoms with Gasteiger partial charge in [0.1, 0.15) is 0 Å². The summed E-state index contributed by atoms with van der Waals surface area (Å²) in [5.74, 6) is 0. The van der Waals surface area contributed by atoms with Gasteiger partial charge in [0.05, 0.1) is 6.04 Å². The van der Waals surface area contributed by atoms with Gasteiger partial charge < -0.3 is 16.0 Å². The standard InChI is InChI=1S/C7H13N3/c1-6(2-3-8)10-7-4-9-5-7/h2-3,7-10H,4-5H2,1H3/b6-2-,8-3?. The number of allylic oxidation sites excluding steroid dienone is 2. The van der Waals surface area contributed by atoms with Crippen molar-refractivity contribution >= 4 is 6.21 Å². The number of hydrogen-bond donors (Lipinski definition) is 3. The van der Waals surface area contributed by atoms with Crippen molar-refractivity contribution in [1.82, 2.24) is 10.6 Å². The van der Waals surface area contributed by atoms with E-state index < -0.39 is 0 Å². The predicted octanol–water partition coefficient (Wildman–Crippen LogP) is 0.101. The van der Waals surface area contributed by atoms with Crippen molar-refractivity contribution in [3.05, 3.63) is 11.8 Å². The zero-order valence-corrected chi connectivity index (χ0v) is 6.15. The highest BCUT2D eigenvalue weighted by molar-refractivity contribution is 5.68. The molecule has 1 aliphatic heterocycles. The number of nitrogens with one attached hydrogen (secondary N) is 3. The molecule has 0 atom stereocenters. The average Bonchev–Trinajstić information content (AvgIpc) is 1.80. The summed E-state index contributed by atoms with van der Waals surface area (Å²) in [5, 5.41) is 13.2. The largest absolute Gasteiger partial charge is 0.383 e. The molecule has 56 valence electrons. The van der Waals surface area contributed by atoms with E-state index in [1.54, 1.807) is 6.08 Å². The maximum atomic E-state index is 6.80. The first-order valence-corrected chi connectivity index (χ1v) is 3.47. The van der Waals surface area contributed by atoms with Crippen LogP contribution in [0.4, 0.5) is 0 Å². The highest BCUT2D eigenvalue weighted by atomic mass is 15.1. The van der Waals surface area contributed by atoms with Crippen molar-refractivity contribution in [2.45, 2.75) is 13.0 Å². The lowest BCUT2D eigenvalue weighted by Crippen LogP contribution is -2.54. The molecule has 0 unspecified atom stereocenters. The first-order valence-electron chi connectivity index (χ1n) is 3.47. The van der Waals surface area contributed by atoms with Crippen LogP contribution in [0.3, 0.4) is 0 Å². The summed E-state index contributed by atoms with van der Waals surface area (Å²) in [7, 11) is 0. The van der Waals surface area contributed by atoms with Crippen LogP contribution in [-0.4, -0.2) is 25.3 Å². The molecule has 0 aromatic heterocycles. The summed E-state index contributed by atoms with van der Waals surface area (Å²) < 4.78 is 0. The minimum Gasteiger partial charge on any atom is -0.383 e. The highest BCUT2D eigenvalue weighted by Crippen LogP contribution is 1.94. The molecule has 0 saturated carbocycles. The molecular weight excluding hydrogens is 126 g/mol. The monoisotopic (exact) mass is 139 g/mol. The van der Waals surface area contributed by atoms with Gasteiger partial charge in [0, 0.05) is 25.0 Å². The molecule has 1 saturated heterocycles. The molecular formula is C7H13N3. The lowest BCUT2D eigenvalue weighted by Gasteiger charge is -2.29. The Morgan fingerprint density at radius 2 is 2.40 bits per heavy atom. The third-order valence-corrected chi connectivity index (χ3v) is 1.55. The van der Waals surface area contributed by atoms with Crippen molar-refractivity contribution in [3.8, 4) is 0 Å². The Balaban J connectivity index is 2.22. The summed E-state index contributed by atoms with van der Waals surface area (Å²) in [6, 6.07) is 0.580. The fourth-order valence-electron chi connectivity index (χ4n) is 0.886. The molecule has 3 heteroatoms. The van der Waals surface area contributed by atoms with Gasteiger partial charge in [0.15, 0.2) is 0 Å². The van der Waals surface area contributed by atoms with Crippen LogP contribution in [-0.2, 0) is 0 Å². The lowest BCUT2D eigenvalue weighted by atomic mass is 10.2. The van der Waals surface area contributed by atoms with Gasteiger partial charge in [-0.05, 0) is 13.0 Å². The van der Waals surface area contributed by atoms with Crippen LogP contribution >= 0.6 is 0 Å². The van der Waals surface area contributed by atoms with E-state index in [4.69, 9.17) is 5.41 Å². The predicted molar refractivity (Wildman–Crippen MR) is 42.3 cm³/mol. The Morgan fingerprint density at radius 3 is 2.80 bits per heavy atom. The van der Waals surface area contributed by atoms with Crippen LogP contribution in [0.5, 0.6) is 0 Å². The fraction of sp³-hybridized carbons (Fsp3) is 0.571. The third kappa shape index (κ3) is 1.84. The minimum atomic E-state index is 0.580. The Bertz CT molecular complexity index is 147. The molecule has 1 fully saturated rings. The number of rotatable bonds is 3. The molecule has 0 aromatic carbocycles. The third-order valence-electron chi connectivity index (χ3n) is 1.55. The van der Waals surface area contributed by atoms with Crippen molar-refractivity contribution < 1.29 is 0 Å². The van der Waals surface area contributed by atoms with E-state index in [2.05, 4.69) is 10.6 Å². The van der Waals surface area contributed by atoms with Gasteiger partial charge in [-0.3, -0.25) is 0 Å². The SMILES string of the molecule is C/C(=C/C=N)NC1CNC1. The summed E-state index contributed by atoms with van der Waals surface area (Å²) in [5.41, 5.74) is 1.07. The Kier molecular flexibility index (Phi) is 2.45. The molecule has 0 spiro atoms. The lowest BCUT2D eigenvalue weighted by molar-refractivity contribution is 0.392. The van der Waals surface area contributed by atoms with E-state index in [0.717, 1.165) is 18.8 Å². The van der Waals surface area contributed by atoms with E-state index in [1.807, 2.05) is 6.92 Å². The van der Waals surface area contributed by atoms with E-state index in [9.17, 15) is 0 Å². The summed E-state index contributed by atoms with van der Waals surface area (Å²) in [6.45, 7) is 4.07. The van der Waals surface area contributed by atoms with E-state index in [-0.39, 0.29) is 0 Å². The van der Waals surface area contributed by atoms with Crippen LogP contribution in [0.15, 0.2) is 11.8 Å². The topological polar surface area (TPSA) is 47.9 Å². The van der Waals surface area contributed by atoms with Crippen molar-refractivity contribution in [2.75, 3.05) is 13.1 Å². The quantitative estimate of drug-likeness (QED) is 0.486. The smallest absolute Gasteiger partial charge is 0.0507 e. The fourth-order valence-corrected chi connectivity index (χ4v) is 0.886. The van der Waals surface area contributed by atoms with Gasteiger partial charge in [0.2, 0.25) is 0 Å². The molecule has 3 nitrogen and oxygen atoms in total. The minimum absolute atomic E-state index is 0.580. The average molecular weight is 139 g/mol. The van der Waals surface area contributed by atoms with Gasteiger partial charge in [-0.15, -0.1) is 0 Å². The Labute approximate surface area is 61.0 Å². The van der Waals surface area contributed by atoms with Gasteiger partial charge in [0.25, 0.3) is 0 Å². The van der Waals surface area contributed by atoms with Gasteiger partial charge in [-0.2, -0.15) is 0 Å². The van der Waals surface area contributed by atoms with E-state index in [0.29, 0.717) is 6.04 Å². The molecule has 1 rings (SSSR count). The molecule has 1 heterocycles. The second-order valence-corrected chi connectivity index (χ2v) is 2.52. The highest BCUT2D eigenvalue weighted by Gasteiger charge is 2.14. The van der Waals surface area contributed by atoms with Crippen molar-refractivity contribution in [1.29, 1.82) is 5.41 Å². The summed E-state index contributed by atoms with van der Waals surface area (Å²) in [4.78, 5) is 0. The first kappa shape index (κ1) is 7.28. The van der Waals surface area contributed by atoms with Crippen LogP contribution in [0.25, 0.3) is 0 Å². The molecule has 1 aliphatic rings. The second kappa shape index (κ2) is 3.37. The maximum absolute atomic E-state index is 6.80. The molecule has 0 aromatic rings. The molecule has 0 amide bonds. The van der Waals surface area contributed by atoms with Gasteiger partial charge in [-0.25, -0.2) is 0 Å². The van der Waals surface area contributed by atoms with Crippen molar-refractivity contribution in [2.24, 2.45) is 0 Å². The molecule has 0 radical (unpaired) electrons. The maximum Gasteiger partial charge on any atom is 0.0507 e. The zero-order chi connectivity index (χ0) is 7.40. The summed E-state index contributed by atoms with van der Waals surface area (Å²) in [6.07, 6.45) is 3.06. The van der Waals surface area contributed by atoms with Gasteiger partial charge in [-0.1, -0.05) is 0 Å². The molecule has 3 N–H and O–H groups in total. The van der Waals surface area contributed by atoms with E-state index in [1.165, 1.54) is 6.21 Å². The van der Waals surface area contributed by atoms with Crippen LogP contribution in [0.1, 0.15) is 6.92 Å². The zero-order valence-electron chi connectivity index (χ0n) is 6.15. The molecule has 10 heavy (non-hydrogen) atoms. The Morgan fingerprint density at radius 1 is 1.70 bits per heavy atom. The van der Waals surface area contributed by atoms with Crippen LogP contribution < -0.4 is 10.6 Å². The number of hydrogen-bond acceptors (Lipinski definition) is 3. The first-order chi connectivity index (χ1) is 4.83. The second-order valence-electron chi connectivity index (χ2n) is 2.52. The van der Waals surface area contributed by atoms with Crippen LogP contribution in [0.2, 0.25) is 0 Å². The Hall–Kier alpha value is -0.830.